The highest BCUT2D eigenvalue weighted by molar-refractivity contribution is 4.56. The first-order valence-electron chi connectivity index (χ1n) is 23.0. The molecule has 0 aliphatic rings. The number of rotatable bonds is 40. The zero-order valence-corrected chi connectivity index (χ0v) is 35.2. The highest BCUT2D eigenvalue weighted by Gasteiger charge is 2.01. The van der Waals surface area contributed by atoms with Crippen molar-refractivity contribution >= 4 is 0 Å². The van der Waals surface area contributed by atoms with Crippen LogP contribution in [0.1, 0.15) is 259 Å². The normalized spacial score (nSPS) is 11.5. The van der Waals surface area contributed by atoms with Crippen LogP contribution in [0.15, 0.2) is 0 Å². The van der Waals surface area contributed by atoms with Crippen LogP contribution < -0.4 is 0 Å². The minimum absolute atomic E-state index is 1.31. The first-order valence-corrected chi connectivity index (χ1v) is 23.0. The lowest BCUT2D eigenvalue weighted by Crippen LogP contribution is -2.20. The van der Waals surface area contributed by atoms with Crippen LogP contribution >= 0.6 is 0 Å². The molecule has 0 heterocycles. The van der Waals surface area contributed by atoms with Gasteiger partial charge in [-0.15, -0.1) is 0 Å². The lowest BCUT2D eigenvalue weighted by molar-refractivity contribution is 0.314. The Labute approximate surface area is 308 Å². The third kappa shape index (κ3) is 48.0. The van der Waals surface area contributed by atoms with Crippen LogP contribution in [-0.4, -0.2) is 50.1 Å². The highest BCUT2D eigenvalue weighted by Crippen LogP contribution is 2.13. The van der Waals surface area contributed by atoms with Crippen molar-refractivity contribution in [3.63, 3.8) is 0 Å². The fourth-order valence-corrected chi connectivity index (χ4v) is 6.99. The monoisotopic (exact) mass is 679 g/mol. The minimum Gasteiger partial charge on any atom is -0.306 e. The van der Waals surface area contributed by atoms with E-state index in [1.165, 1.54) is 257 Å². The van der Waals surface area contributed by atoms with Crippen molar-refractivity contribution in [3.05, 3.63) is 0 Å². The van der Waals surface area contributed by atoms with Crippen molar-refractivity contribution in [2.24, 2.45) is 0 Å². The standard InChI is InChI=1S/C25H53N.C21H45N/c1-4-6-8-10-12-14-16-18-20-22-24-26(3)25-23-21-19-17-15-13-11-9-7-5-2;1-4-6-8-10-12-14-16-18-20-22(3)21-19-17-15-13-11-9-7-5-2/h4-25H2,1-3H3;4-21H2,1-3H3. The van der Waals surface area contributed by atoms with E-state index in [0.717, 1.165) is 0 Å². The molecule has 0 atom stereocenters. The summed E-state index contributed by atoms with van der Waals surface area (Å²) in [4.78, 5) is 5.11. The molecule has 0 spiro atoms. The first kappa shape index (κ1) is 50.0. The van der Waals surface area contributed by atoms with Gasteiger partial charge in [0.15, 0.2) is 0 Å². The van der Waals surface area contributed by atoms with Gasteiger partial charge in [-0.25, -0.2) is 0 Å². The van der Waals surface area contributed by atoms with Gasteiger partial charge in [-0.05, 0) is 66.0 Å². The van der Waals surface area contributed by atoms with E-state index in [-0.39, 0.29) is 0 Å². The molecule has 0 aliphatic carbocycles. The highest BCUT2D eigenvalue weighted by atomic mass is 15.1. The second-order valence-corrected chi connectivity index (χ2v) is 15.9. The number of hydrogen-bond donors (Lipinski definition) is 0. The van der Waals surface area contributed by atoms with Gasteiger partial charge >= 0.3 is 0 Å². The second kappa shape index (κ2) is 46.9. The molecular weight excluding hydrogens is 581 g/mol. The van der Waals surface area contributed by atoms with Gasteiger partial charge in [0.25, 0.3) is 0 Å². The molecule has 0 saturated heterocycles. The van der Waals surface area contributed by atoms with E-state index in [1.807, 2.05) is 0 Å². The van der Waals surface area contributed by atoms with E-state index < -0.39 is 0 Å². The predicted octanol–water partition coefficient (Wildman–Crippen LogP) is 16.0. The van der Waals surface area contributed by atoms with Crippen LogP contribution in [0.25, 0.3) is 0 Å². The molecule has 2 heteroatoms. The topological polar surface area (TPSA) is 6.48 Å². The summed E-state index contributed by atoms with van der Waals surface area (Å²) in [7, 11) is 4.63. The zero-order valence-electron chi connectivity index (χ0n) is 35.2. The molecule has 0 aromatic rings. The van der Waals surface area contributed by atoms with Crippen molar-refractivity contribution in [3.8, 4) is 0 Å². The quantitative estimate of drug-likeness (QED) is 0.0595. The van der Waals surface area contributed by atoms with Crippen LogP contribution in [0.3, 0.4) is 0 Å². The van der Waals surface area contributed by atoms with Gasteiger partial charge in [0.05, 0.1) is 0 Å². The molecule has 0 unspecified atom stereocenters. The Morgan fingerprint density at radius 1 is 0.188 bits per heavy atom. The van der Waals surface area contributed by atoms with Gasteiger partial charge < -0.3 is 9.80 Å². The van der Waals surface area contributed by atoms with Crippen molar-refractivity contribution in [2.45, 2.75) is 259 Å². The largest absolute Gasteiger partial charge is 0.306 e. The molecule has 0 aliphatic heterocycles. The van der Waals surface area contributed by atoms with Gasteiger partial charge in [0.1, 0.15) is 0 Å². The summed E-state index contributed by atoms with van der Waals surface area (Å²) in [6.45, 7) is 14.4. The summed E-state index contributed by atoms with van der Waals surface area (Å²) >= 11 is 0. The van der Waals surface area contributed by atoms with Crippen LogP contribution in [0.4, 0.5) is 0 Å². The molecule has 0 aromatic carbocycles. The molecule has 292 valence electrons. The van der Waals surface area contributed by atoms with E-state index in [2.05, 4.69) is 51.6 Å². The molecule has 48 heavy (non-hydrogen) atoms. The Kier molecular flexibility index (Phi) is 48.9. The lowest BCUT2D eigenvalue weighted by Gasteiger charge is -2.16. The summed E-state index contributed by atoms with van der Waals surface area (Å²) in [5.74, 6) is 0. The Bertz CT molecular complexity index is 476. The van der Waals surface area contributed by atoms with Gasteiger partial charge in [-0.1, -0.05) is 233 Å². The van der Waals surface area contributed by atoms with E-state index in [1.54, 1.807) is 0 Å². The SMILES string of the molecule is CCCCCCCCCCCCN(C)CCCCCCCCCCCC.CCCCCCCCCCN(C)CCCCCCCCCC. The molecule has 0 radical (unpaired) electrons. The molecule has 0 amide bonds. The van der Waals surface area contributed by atoms with E-state index >= 15 is 0 Å². The minimum atomic E-state index is 1.31. The van der Waals surface area contributed by atoms with E-state index in [0.29, 0.717) is 0 Å². The van der Waals surface area contributed by atoms with Gasteiger partial charge in [-0.3, -0.25) is 0 Å². The van der Waals surface area contributed by atoms with Crippen molar-refractivity contribution in [1.82, 2.24) is 9.80 Å². The number of nitrogens with zero attached hydrogens (tertiary/aromatic N) is 2. The Morgan fingerprint density at radius 2 is 0.312 bits per heavy atom. The van der Waals surface area contributed by atoms with Gasteiger partial charge in [0, 0.05) is 0 Å². The Morgan fingerprint density at radius 3 is 0.458 bits per heavy atom. The maximum atomic E-state index is 2.56. The zero-order chi connectivity index (χ0) is 35.4. The van der Waals surface area contributed by atoms with Crippen molar-refractivity contribution < 1.29 is 0 Å². The third-order valence-electron chi connectivity index (χ3n) is 10.6. The Balaban J connectivity index is 0. The molecule has 0 saturated carbocycles. The average molecular weight is 679 g/mol. The predicted molar refractivity (Wildman–Crippen MR) is 224 cm³/mol. The molecule has 0 rings (SSSR count). The maximum Gasteiger partial charge on any atom is -0.00218 e. The summed E-state index contributed by atoms with van der Waals surface area (Å²) in [6, 6.07) is 0. The van der Waals surface area contributed by atoms with Crippen molar-refractivity contribution in [1.29, 1.82) is 0 Å². The van der Waals surface area contributed by atoms with Crippen LogP contribution in [-0.2, 0) is 0 Å². The van der Waals surface area contributed by atoms with Crippen LogP contribution in [0, 0.1) is 0 Å². The van der Waals surface area contributed by atoms with E-state index in [9.17, 15) is 0 Å². The summed E-state index contributed by atoms with van der Waals surface area (Å²) in [6.07, 6.45) is 51.8. The average Bonchev–Trinajstić information content (AvgIpc) is 3.09. The lowest BCUT2D eigenvalue weighted by atomic mass is 10.1. The van der Waals surface area contributed by atoms with Gasteiger partial charge in [0.2, 0.25) is 0 Å². The summed E-state index contributed by atoms with van der Waals surface area (Å²) < 4.78 is 0. The second-order valence-electron chi connectivity index (χ2n) is 15.9. The number of hydrogen-bond acceptors (Lipinski definition) is 2. The van der Waals surface area contributed by atoms with E-state index in [4.69, 9.17) is 0 Å². The smallest absolute Gasteiger partial charge is 0.00218 e. The summed E-state index contributed by atoms with van der Waals surface area (Å²) in [5.41, 5.74) is 0. The first-order chi connectivity index (χ1) is 23.6. The summed E-state index contributed by atoms with van der Waals surface area (Å²) in [5, 5.41) is 0. The molecule has 2 nitrogen and oxygen atoms in total. The van der Waals surface area contributed by atoms with Crippen LogP contribution in [0.2, 0.25) is 0 Å². The third-order valence-corrected chi connectivity index (χ3v) is 10.6. The molecule has 0 N–H and O–H groups in total. The maximum absolute atomic E-state index is 2.56. The fraction of sp³-hybridized carbons (Fsp3) is 1.00. The number of unbranched alkanes of at least 4 members (excludes halogenated alkanes) is 32. The van der Waals surface area contributed by atoms with Crippen LogP contribution in [0.5, 0.6) is 0 Å². The van der Waals surface area contributed by atoms with Gasteiger partial charge in [-0.2, -0.15) is 0 Å². The molecule has 0 fully saturated rings. The molecule has 0 bridgehead atoms. The molecule has 0 aromatic heterocycles. The Hall–Kier alpha value is -0.0800. The fourth-order valence-electron chi connectivity index (χ4n) is 6.99. The molecular formula is C46H98N2. The van der Waals surface area contributed by atoms with Crippen molar-refractivity contribution in [2.75, 3.05) is 40.3 Å².